The van der Waals surface area contributed by atoms with E-state index >= 15 is 0 Å². The third-order valence-corrected chi connectivity index (χ3v) is 3.88. The number of ether oxygens (including phenoxy) is 1. The zero-order valence-corrected chi connectivity index (χ0v) is 12.8. The molecule has 118 valence electrons. The fourth-order valence-corrected chi connectivity index (χ4v) is 2.72. The van der Waals surface area contributed by atoms with Crippen LogP contribution < -0.4 is 5.32 Å². The number of hydrogen-bond donors (Lipinski definition) is 1. The highest BCUT2D eigenvalue weighted by Crippen LogP contribution is 2.16. The van der Waals surface area contributed by atoms with Crippen LogP contribution in [0.15, 0.2) is 12.3 Å². The Morgan fingerprint density at radius 2 is 2.32 bits per heavy atom. The molecule has 1 unspecified atom stereocenters. The van der Waals surface area contributed by atoms with Crippen LogP contribution in [0.25, 0.3) is 0 Å². The molecular formula is C14H20N6O2. The Bertz CT molecular complexity index is 662. The molecule has 2 aromatic rings. The van der Waals surface area contributed by atoms with Crippen LogP contribution in [-0.4, -0.2) is 43.6 Å². The molecular weight excluding hydrogens is 284 g/mol. The van der Waals surface area contributed by atoms with Crippen molar-refractivity contribution in [2.45, 2.75) is 38.5 Å². The highest BCUT2D eigenvalue weighted by atomic mass is 16.5. The van der Waals surface area contributed by atoms with E-state index in [0.29, 0.717) is 12.3 Å². The van der Waals surface area contributed by atoms with Gasteiger partial charge in [0.2, 0.25) is 0 Å². The summed E-state index contributed by atoms with van der Waals surface area (Å²) >= 11 is 0. The highest BCUT2D eigenvalue weighted by molar-refractivity contribution is 5.92. The minimum atomic E-state index is -0.125. The normalized spacial score (nSPS) is 17.8. The van der Waals surface area contributed by atoms with Crippen molar-refractivity contribution in [1.82, 2.24) is 29.9 Å². The van der Waals surface area contributed by atoms with Gasteiger partial charge in [0.15, 0.2) is 5.82 Å². The molecule has 0 aliphatic carbocycles. The van der Waals surface area contributed by atoms with Gasteiger partial charge in [-0.15, -0.1) is 10.2 Å². The largest absolute Gasteiger partial charge is 0.377 e. The maximum atomic E-state index is 12.2. The molecule has 3 rings (SSSR count). The van der Waals surface area contributed by atoms with E-state index in [1.54, 1.807) is 31.1 Å². The topological polar surface area (TPSA) is 86.9 Å². The first-order valence-corrected chi connectivity index (χ1v) is 7.38. The van der Waals surface area contributed by atoms with Crippen molar-refractivity contribution in [3.8, 4) is 0 Å². The van der Waals surface area contributed by atoms with Gasteiger partial charge in [-0.3, -0.25) is 9.48 Å². The molecule has 3 heterocycles. The van der Waals surface area contributed by atoms with E-state index in [1.165, 1.54) is 0 Å². The van der Waals surface area contributed by atoms with Gasteiger partial charge >= 0.3 is 0 Å². The predicted molar refractivity (Wildman–Crippen MR) is 78.1 cm³/mol. The smallest absolute Gasteiger partial charge is 0.271 e. The molecule has 2 aromatic heterocycles. The quantitative estimate of drug-likeness (QED) is 0.877. The van der Waals surface area contributed by atoms with Crippen molar-refractivity contribution in [1.29, 1.82) is 0 Å². The number of rotatable bonds is 4. The summed E-state index contributed by atoms with van der Waals surface area (Å²) in [5.74, 6) is 1.68. The van der Waals surface area contributed by atoms with E-state index in [9.17, 15) is 4.79 Å². The first-order chi connectivity index (χ1) is 10.7. The van der Waals surface area contributed by atoms with E-state index in [-0.39, 0.29) is 11.9 Å². The Morgan fingerprint density at radius 1 is 1.45 bits per heavy atom. The standard InChI is InChI=1S/C14H20N6O2/c1-19-7-6-11(18-19)14(21)15-10-3-4-12-16-17-13(9-22-2)20(12)8-5-10/h6-7,10H,3-5,8-9H2,1-2H3,(H,15,21). The maximum absolute atomic E-state index is 12.2. The Labute approximate surface area is 128 Å². The van der Waals surface area contributed by atoms with Gasteiger partial charge in [-0.2, -0.15) is 5.10 Å². The molecule has 22 heavy (non-hydrogen) atoms. The molecule has 0 saturated heterocycles. The summed E-state index contributed by atoms with van der Waals surface area (Å²) in [6.45, 7) is 1.24. The summed E-state index contributed by atoms with van der Waals surface area (Å²) in [5.41, 5.74) is 0.450. The van der Waals surface area contributed by atoms with Crippen molar-refractivity contribution in [2.24, 2.45) is 7.05 Å². The van der Waals surface area contributed by atoms with Crippen LogP contribution in [0, 0.1) is 0 Å². The van der Waals surface area contributed by atoms with Gasteiger partial charge in [-0.1, -0.05) is 0 Å². The van der Waals surface area contributed by atoms with Gasteiger partial charge in [-0.25, -0.2) is 0 Å². The summed E-state index contributed by atoms with van der Waals surface area (Å²) in [4.78, 5) is 12.2. The van der Waals surface area contributed by atoms with Crippen LogP contribution in [0.4, 0.5) is 0 Å². The van der Waals surface area contributed by atoms with Crippen LogP contribution >= 0.6 is 0 Å². The lowest BCUT2D eigenvalue weighted by atomic mass is 10.1. The molecule has 0 radical (unpaired) electrons. The number of fused-ring (bicyclic) bond motifs is 1. The summed E-state index contributed by atoms with van der Waals surface area (Å²) < 4.78 is 8.86. The van der Waals surface area contributed by atoms with E-state index in [2.05, 4.69) is 25.2 Å². The third-order valence-electron chi connectivity index (χ3n) is 3.88. The molecule has 1 N–H and O–H groups in total. The summed E-state index contributed by atoms with van der Waals surface area (Å²) in [6.07, 6.45) is 4.26. The average Bonchev–Trinajstić information content (AvgIpc) is 3.04. The molecule has 8 heteroatoms. The van der Waals surface area contributed by atoms with Crippen LogP contribution in [-0.2, 0) is 31.4 Å². The second-order valence-corrected chi connectivity index (χ2v) is 5.49. The Morgan fingerprint density at radius 3 is 3.05 bits per heavy atom. The van der Waals surface area contributed by atoms with Crippen molar-refractivity contribution in [2.75, 3.05) is 7.11 Å². The zero-order valence-electron chi connectivity index (χ0n) is 12.8. The molecule has 0 spiro atoms. The third kappa shape index (κ3) is 3.01. The molecule has 1 amide bonds. The minimum absolute atomic E-state index is 0.117. The van der Waals surface area contributed by atoms with E-state index in [1.807, 2.05) is 0 Å². The fraction of sp³-hybridized carbons (Fsp3) is 0.571. The van der Waals surface area contributed by atoms with Crippen molar-refractivity contribution < 1.29 is 9.53 Å². The van der Waals surface area contributed by atoms with Gasteiger partial charge in [0.1, 0.15) is 18.1 Å². The molecule has 0 aromatic carbocycles. The lowest BCUT2D eigenvalue weighted by Crippen LogP contribution is -2.35. The molecule has 1 aliphatic rings. The molecule has 0 saturated carbocycles. The van der Waals surface area contributed by atoms with Crippen LogP contribution in [0.1, 0.15) is 35.0 Å². The SMILES string of the molecule is COCc1nnc2n1CCC(NC(=O)c1ccn(C)n1)CC2. The number of carbonyl (C=O) groups excluding carboxylic acids is 1. The Kier molecular flexibility index (Phi) is 4.19. The predicted octanol–water partition coefficient (Wildman–Crippen LogP) is 0.293. The second kappa shape index (κ2) is 6.27. The van der Waals surface area contributed by atoms with Crippen LogP contribution in [0.3, 0.4) is 0 Å². The molecule has 1 atom stereocenters. The Balaban J connectivity index is 1.63. The van der Waals surface area contributed by atoms with Crippen molar-refractivity contribution >= 4 is 5.91 Å². The number of aryl methyl sites for hydroxylation is 2. The maximum Gasteiger partial charge on any atom is 0.271 e. The minimum Gasteiger partial charge on any atom is -0.377 e. The number of aromatic nitrogens is 5. The van der Waals surface area contributed by atoms with Gasteiger partial charge < -0.3 is 14.6 Å². The molecule has 0 bridgehead atoms. The number of carbonyl (C=O) groups is 1. The van der Waals surface area contributed by atoms with E-state index < -0.39 is 0 Å². The van der Waals surface area contributed by atoms with Gasteiger partial charge in [0, 0.05) is 39.4 Å². The number of nitrogens with one attached hydrogen (secondary N) is 1. The van der Waals surface area contributed by atoms with Crippen molar-refractivity contribution in [3.05, 3.63) is 29.6 Å². The van der Waals surface area contributed by atoms with Crippen LogP contribution in [0.5, 0.6) is 0 Å². The molecule has 1 aliphatic heterocycles. The zero-order chi connectivity index (χ0) is 15.5. The number of amides is 1. The summed E-state index contributed by atoms with van der Waals surface area (Å²) in [5, 5.41) is 15.6. The number of hydrogen-bond acceptors (Lipinski definition) is 5. The number of nitrogens with zero attached hydrogens (tertiary/aromatic N) is 5. The first-order valence-electron chi connectivity index (χ1n) is 7.38. The van der Waals surface area contributed by atoms with E-state index in [4.69, 9.17) is 4.74 Å². The molecule has 0 fully saturated rings. The highest BCUT2D eigenvalue weighted by Gasteiger charge is 2.22. The molecule has 8 nitrogen and oxygen atoms in total. The second-order valence-electron chi connectivity index (χ2n) is 5.49. The van der Waals surface area contributed by atoms with Gasteiger partial charge in [0.25, 0.3) is 5.91 Å². The van der Waals surface area contributed by atoms with Crippen LogP contribution in [0.2, 0.25) is 0 Å². The first kappa shape index (κ1) is 14.7. The van der Waals surface area contributed by atoms with Gasteiger partial charge in [-0.05, 0) is 18.9 Å². The fourth-order valence-electron chi connectivity index (χ4n) is 2.72. The summed E-state index contributed by atoms with van der Waals surface area (Å²) in [7, 11) is 3.44. The lowest BCUT2D eigenvalue weighted by molar-refractivity contribution is 0.0927. The number of methoxy groups -OCH3 is 1. The monoisotopic (exact) mass is 304 g/mol. The Hall–Kier alpha value is -2.22. The van der Waals surface area contributed by atoms with E-state index in [0.717, 1.165) is 37.5 Å². The van der Waals surface area contributed by atoms with Gasteiger partial charge in [0.05, 0.1) is 0 Å². The average molecular weight is 304 g/mol. The van der Waals surface area contributed by atoms with Crippen molar-refractivity contribution in [3.63, 3.8) is 0 Å². The lowest BCUT2D eigenvalue weighted by Gasteiger charge is -2.15. The summed E-state index contributed by atoms with van der Waals surface area (Å²) in [6, 6.07) is 1.84.